The Labute approximate surface area is 177 Å². The average molecular weight is 446 g/mol. The van der Waals surface area contributed by atoms with Gasteiger partial charge in [-0.2, -0.15) is 8.78 Å². The largest absolute Gasteiger partial charge is 0.494 e. The van der Waals surface area contributed by atoms with Crippen LogP contribution < -0.4 is 9.47 Å². The Bertz CT molecular complexity index is 911. The molecule has 31 heavy (non-hydrogen) atoms. The van der Waals surface area contributed by atoms with Crippen molar-refractivity contribution >= 4 is 0 Å². The lowest BCUT2D eigenvalue weighted by Crippen LogP contribution is -2.21. The zero-order valence-electron chi connectivity index (χ0n) is 17.2. The average Bonchev–Trinajstić information content (AvgIpc) is 2.76. The summed E-state index contributed by atoms with van der Waals surface area (Å²) in [6, 6.07) is 4.40. The molecule has 1 aliphatic carbocycles. The fourth-order valence-corrected chi connectivity index (χ4v) is 3.91. The van der Waals surface area contributed by atoms with Crippen molar-refractivity contribution in [3.63, 3.8) is 0 Å². The van der Waals surface area contributed by atoms with Gasteiger partial charge in [-0.1, -0.05) is 31.9 Å². The van der Waals surface area contributed by atoms with Gasteiger partial charge in [0.05, 0.1) is 7.11 Å². The Hall–Kier alpha value is -2.38. The molecule has 3 rings (SSSR count). The monoisotopic (exact) mass is 446 g/mol. The first-order chi connectivity index (χ1) is 14.7. The predicted octanol–water partition coefficient (Wildman–Crippen LogP) is 6.97. The number of hydrogen-bond acceptors (Lipinski definition) is 2. The lowest BCUT2D eigenvalue weighted by molar-refractivity contribution is 0.104. The smallest absolute Gasteiger partial charge is 0.204 e. The summed E-state index contributed by atoms with van der Waals surface area (Å²) >= 11 is 0. The van der Waals surface area contributed by atoms with Gasteiger partial charge >= 0.3 is 0 Å². The Kier molecular flexibility index (Phi) is 7.38. The van der Waals surface area contributed by atoms with Gasteiger partial charge in [-0.15, -0.1) is 0 Å². The molecule has 8 heteroatoms. The topological polar surface area (TPSA) is 18.5 Å². The van der Waals surface area contributed by atoms with E-state index in [1.165, 1.54) is 6.07 Å². The Morgan fingerprint density at radius 2 is 1.45 bits per heavy atom. The first kappa shape index (κ1) is 23.3. The van der Waals surface area contributed by atoms with Crippen LogP contribution in [0.1, 0.15) is 55.8 Å². The van der Waals surface area contributed by atoms with Crippen molar-refractivity contribution in [3.05, 3.63) is 58.7 Å². The van der Waals surface area contributed by atoms with E-state index >= 15 is 0 Å². The molecule has 1 aliphatic rings. The van der Waals surface area contributed by atoms with E-state index in [9.17, 15) is 26.3 Å². The van der Waals surface area contributed by atoms with Crippen molar-refractivity contribution in [1.29, 1.82) is 0 Å². The van der Waals surface area contributed by atoms with Crippen molar-refractivity contribution in [3.8, 4) is 11.5 Å². The van der Waals surface area contributed by atoms with E-state index < -0.39 is 53.5 Å². The molecule has 0 N–H and O–H groups in total. The first-order valence-corrected chi connectivity index (χ1v) is 10.1. The third-order valence-corrected chi connectivity index (χ3v) is 5.84. The summed E-state index contributed by atoms with van der Waals surface area (Å²) in [6.07, 6.45) is -1.77. The molecular formula is C23H24F6O2. The van der Waals surface area contributed by atoms with Crippen LogP contribution in [0.5, 0.6) is 11.5 Å². The standard InChI is InChI=1S/C23H24F6O2/c1-12-3-5-13(6-4-12)14-7-8-15(21(27)20(14)26)19(25)16(24)11-31-18-10-9-17(30-2)22(28)23(18)29/h7-10,12-13,16,19H,3-6,11H2,1-2H3. The van der Waals surface area contributed by atoms with Crippen molar-refractivity contribution in [1.82, 2.24) is 0 Å². The lowest BCUT2D eigenvalue weighted by Gasteiger charge is -2.27. The third-order valence-electron chi connectivity index (χ3n) is 5.84. The lowest BCUT2D eigenvalue weighted by atomic mass is 9.79. The molecule has 1 fully saturated rings. The number of halogens is 6. The minimum Gasteiger partial charge on any atom is -0.494 e. The van der Waals surface area contributed by atoms with Gasteiger partial charge in [0, 0.05) is 5.56 Å². The summed E-state index contributed by atoms with van der Waals surface area (Å²) in [4.78, 5) is 0. The molecule has 2 atom stereocenters. The molecule has 2 nitrogen and oxygen atoms in total. The number of ether oxygens (including phenoxy) is 2. The molecular weight excluding hydrogens is 422 g/mol. The number of rotatable bonds is 7. The van der Waals surface area contributed by atoms with Gasteiger partial charge in [0.15, 0.2) is 35.5 Å². The summed E-state index contributed by atoms with van der Waals surface area (Å²) < 4.78 is 95.0. The molecule has 170 valence electrons. The minimum absolute atomic E-state index is 0.157. The second kappa shape index (κ2) is 9.83. The van der Waals surface area contributed by atoms with E-state index in [1.54, 1.807) is 0 Å². The minimum atomic E-state index is -2.54. The molecule has 2 aromatic carbocycles. The maximum Gasteiger partial charge on any atom is 0.204 e. The molecule has 0 amide bonds. The first-order valence-electron chi connectivity index (χ1n) is 10.1. The second-order valence-corrected chi connectivity index (χ2v) is 7.95. The second-order valence-electron chi connectivity index (χ2n) is 7.95. The third kappa shape index (κ3) is 4.93. The van der Waals surface area contributed by atoms with E-state index in [0.29, 0.717) is 18.8 Å². The van der Waals surface area contributed by atoms with Crippen molar-refractivity contribution in [2.75, 3.05) is 13.7 Å². The fourth-order valence-electron chi connectivity index (χ4n) is 3.91. The van der Waals surface area contributed by atoms with Gasteiger partial charge in [0.2, 0.25) is 11.6 Å². The van der Waals surface area contributed by atoms with E-state index in [1.807, 2.05) is 0 Å². The van der Waals surface area contributed by atoms with Crippen LogP contribution in [0.25, 0.3) is 0 Å². The van der Waals surface area contributed by atoms with Crippen LogP contribution >= 0.6 is 0 Å². The maximum absolute atomic E-state index is 14.6. The normalized spacial score (nSPS) is 20.9. The number of alkyl halides is 2. The Morgan fingerprint density at radius 1 is 0.839 bits per heavy atom. The SMILES string of the molecule is COc1ccc(OCC(F)C(F)c2ccc(C3CCC(C)CC3)c(F)c2F)c(F)c1F. The van der Waals surface area contributed by atoms with Crippen molar-refractivity contribution < 1.29 is 35.8 Å². The molecule has 0 aromatic heterocycles. The molecule has 1 saturated carbocycles. The summed E-state index contributed by atoms with van der Waals surface area (Å²) in [6.45, 7) is 1.08. The van der Waals surface area contributed by atoms with Crippen LogP contribution in [-0.2, 0) is 0 Å². The summed E-state index contributed by atoms with van der Waals surface area (Å²) in [5.41, 5.74) is -0.606. The summed E-state index contributed by atoms with van der Waals surface area (Å²) in [5.74, 6) is -6.04. The number of hydrogen-bond donors (Lipinski definition) is 0. The molecule has 0 radical (unpaired) electrons. The number of methoxy groups -OCH3 is 1. The summed E-state index contributed by atoms with van der Waals surface area (Å²) in [7, 11) is 1.14. The van der Waals surface area contributed by atoms with Gasteiger partial charge in [-0.3, -0.25) is 0 Å². The molecule has 0 bridgehead atoms. The molecule has 2 aromatic rings. The molecule has 0 heterocycles. The molecule has 0 spiro atoms. The van der Waals surface area contributed by atoms with Gasteiger partial charge < -0.3 is 9.47 Å². The number of benzene rings is 2. The van der Waals surface area contributed by atoms with Crippen LogP contribution in [0.3, 0.4) is 0 Å². The van der Waals surface area contributed by atoms with Crippen LogP contribution in [0.4, 0.5) is 26.3 Å². The highest BCUT2D eigenvalue weighted by Gasteiger charge is 2.31. The highest BCUT2D eigenvalue weighted by molar-refractivity contribution is 5.35. The Balaban J connectivity index is 1.70. The van der Waals surface area contributed by atoms with Gasteiger partial charge in [-0.05, 0) is 42.4 Å². The van der Waals surface area contributed by atoms with Gasteiger partial charge in [0.25, 0.3) is 0 Å². The van der Waals surface area contributed by atoms with E-state index in [0.717, 1.165) is 38.2 Å². The van der Waals surface area contributed by atoms with Crippen LogP contribution in [0, 0.1) is 29.2 Å². The van der Waals surface area contributed by atoms with E-state index in [4.69, 9.17) is 4.74 Å². The molecule has 0 aliphatic heterocycles. The molecule has 0 saturated heterocycles. The van der Waals surface area contributed by atoms with Crippen molar-refractivity contribution in [2.24, 2.45) is 5.92 Å². The Morgan fingerprint density at radius 3 is 2.10 bits per heavy atom. The predicted molar refractivity (Wildman–Crippen MR) is 104 cm³/mol. The van der Waals surface area contributed by atoms with Crippen LogP contribution in [0.15, 0.2) is 24.3 Å². The highest BCUT2D eigenvalue weighted by Crippen LogP contribution is 2.39. The summed E-state index contributed by atoms with van der Waals surface area (Å²) in [5, 5.41) is 0. The zero-order chi connectivity index (χ0) is 22.7. The fraction of sp³-hybridized carbons (Fsp3) is 0.478. The van der Waals surface area contributed by atoms with Crippen LogP contribution in [0.2, 0.25) is 0 Å². The van der Waals surface area contributed by atoms with Gasteiger partial charge in [0.1, 0.15) is 6.61 Å². The van der Waals surface area contributed by atoms with E-state index in [2.05, 4.69) is 11.7 Å². The quantitative estimate of drug-likeness (QED) is 0.428. The maximum atomic E-state index is 14.6. The molecule has 2 unspecified atom stereocenters. The zero-order valence-corrected chi connectivity index (χ0v) is 17.2. The van der Waals surface area contributed by atoms with E-state index in [-0.39, 0.29) is 17.2 Å². The highest BCUT2D eigenvalue weighted by atomic mass is 19.2. The van der Waals surface area contributed by atoms with Crippen molar-refractivity contribution in [2.45, 2.75) is 50.9 Å². The van der Waals surface area contributed by atoms with Crippen LogP contribution in [-0.4, -0.2) is 19.9 Å². The van der Waals surface area contributed by atoms with Gasteiger partial charge in [-0.25, -0.2) is 17.6 Å².